The summed E-state index contributed by atoms with van der Waals surface area (Å²) in [6, 6.07) is 5.24. The fourth-order valence-electron chi connectivity index (χ4n) is 2.65. The van der Waals surface area contributed by atoms with Gasteiger partial charge in [0, 0.05) is 18.5 Å². The molecular formula is C18H17Cl2N3O2S. The largest absolute Gasteiger partial charge is 0.340 e. The number of hydrogen-bond acceptors (Lipinski definition) is 4. The fraction of sp³-hybridized carbons (Fsp3) is 0.278. The minimum absolute atomic E-state index is 0.0616. The molecule has 0 aliphatic heterocycles. The second kappa shape index (κ2) is 7.39. The molecule has 1 amide bonds. The molecule has 136 valence electrons. The zero-order valence-electron chi connectivity index (χ0n) is 14.5. The Morgan fingerprint density at radius 3 is 2.69 bits per heavy atom. The Morgan fingerprint density at radius 1 is 1.27 bits per heavy atom. The van der Waals surface area contributed by atoms with Crippen molar-refractivity contribution in [3.8, 4) is 0 Å². The number of amides is 1. The predicted molar refractivity (Wildman–Crippen MR) is 106 cm³/mol. The minimum Gasteiger partial charge on any atom is -0.340 e. The zero-order valence-corrected chi connectivity index (χ0v) is 16.9. The van der Waals surface area contributed by atoms with Crippen LogP contribution in [0.15, 0.2) is 29.3 Å². The Kier molecular flexibility index (Phi) is 5.37. The second-order valence-corrected chi connectivity index (χ2v) is 8.16. The molecule has 1 aromatic carbocycles. The molecule has 0 unspecified atom stereocenters. The number of carbonyl (C=O) groups is 1. The normalized spacial score (nSPS) is 11.1. The lowest BCUT2D eigenvalue weighted by Gasteiger charge is -2.18. The van der Waals surface area contributed by atoms with E-state index in [-0.39, 0.29) is 18.0 Å². The molecule has 3 aromatic rings. The van der Waals surface area contributed by atoms with E-state index < -0.39 is 0 Å². The lowest BCUT2D eigenvalue weighted by molar-refractivity contribution is -0.131. The molecular weight excluding hydrogens is 393 g/mol. The third-order valence-corrected chi connectivity index (χ3v) is 6.15. The third-order valence-electron chi connectivity index (χ3n) is 4.29. The average Bonchev–Trinajstić information content (AvgIpc) is 2.88. The van der Waals surface area contributed by atoms with E-state index in [4.69, 9.17) is 23.2 Å². The second-order valence-electron chi connectivity index (χ2n) is 6.14. The molecule has 0 atom stereocenters. The number of hydrogen-bond donors (Lipinski definition) is 0. The molecule has 2 heterocycles. The highest BCUT2D eigenvalue weighted by Crippen LogP contribution is 2.25. The number of rotatable bonds is 4. The molecule has 0 N–H and O–H groups in total. The van der Waals surface area contributed by atoms with Crippen LogP contribution >= 0.6 is 34.5 Å². The summed E-state index contributed by atoms with van der Waals surface area (Å²) < 4.78 is 1.36. The molecule has 0 fully saturated rings. The van der Waals surface area contributed by atoms with Gasteiger partial charge < -0.3 is 4.90 Å². The van der Waals surface area contributed by atoms with Crippen molar-refractivity contribution >= 4 is 50.7 Å². The zero-order chi connectivity index (χ0) is 19.0. The maximum absolute atomic E-state index is 12.7. The van der Waals surface area contributed by atoms with Gasteiger partial charge in [-0.25, -0.2) is 4.98 Å². The fourth-order valence-corrected chi connectivity index (χ4v) is 3.96. The molecule has 2 aromatic heterocycles. The van der Waals surface area contributed by atoms with Gasteiger partial charge in [0.1, 0.15) is 11.4 Å². The van der Waals surface area contributed by atoms with Crippen LogP contribution < -0.4 is 5.56 Å². The minimum atomic E-state index is -0.191. The first kappa shape index (κ1) is 18.9. The van der Waals surface area contributed by atoms with Crippen molar-refractivity contribution in [2.75, 3.05) is 7.05 Å². The predicted octanol–water partition coefficient (Wildman–Crippen LogP) is 4.04. The summed E-state index contributed by atoms with van der Waals surface area (Å²) in [4.78, 5) is 32.8. The van der Waals surface area contributed by atoms with Crippen LogP contribution in [0.5, 0.6) is 0 Å². The van der Waals surface area contributed by atoms with Gasteiger partial charge in [0.05, 0.1) is 21.8 Å². The highest BCUT2D eigenvalue weighted by atomic mass is 35.5. The van der Waals surface area contributed by atoms with Gasteiger partial charge in [-0.15, -0.1) is 11.3 Å². The van der Waals surface area contributed by atoms with E-state index in [9.17, 15) is 9.59 Å². The van der Waals surface area contributed by atoms with Crippen molar-refractivity contribution in [2.45, 2.75) is 26.9 Å². The Hall–Kier alpha value is -1.89. The number of carbonyl (C=O) groups excluding carboxylic acids is 1. The summed E-state index contributed by atoms with van der Waals surface area (Å²) in [6.45, 7) is 4.17. The van der Waals surface area contributed by atoms with Gasteiger partial charge in [-0.1, -0.05) is 29.3 Å². The summed E-state index contributed by atoms with van der Waals surface area (Å²) >= 11 is 13.4. The number of aryl methyl sites for hydroxylation is 2. The first-order chi connectivity index (χ1) is 12.3. The lowest BCUT2D eigenvalue weighted by atomic mass is 10.2. The van der Waals surface area contributed by atoms with E-state index in [1.165, 1.54) is 22.2 Å². The summed E-state index contributed by atoms with van der Waals surface area (Å²) in [5.41, 5.74) is 1.60. The molecule has 0 aliphatic rings. The van der Waals surface area contributed by atoms with Gasteiger partial charge in [-0.05, 0) is 37.1 Å². The van der Waals surface area contributed by atoms with Gasteiger partial charge in [-0.3, -0.25) is 14.2 Å². The number of nitrogens with zero attached hydrogens (tertiary/aromatic N) is 3. The molecule has 5 nitrogen and oxygen atoms in total. The molecule has 0 spiro atoms. The van der Waals surface area contributed by atoms with Crippen LogP contribution in [0.25, 0.3) is 10.2 Å². The number of halogens is 2. The molecule has 0 radical (unpaired) electrons. The van der Waals surface area contributed by atoms with Crippen molar-refractivity contribution in [3.63, 3.8) is 0 Å². The van der Waals surface area contributed by atoms with E-state index in [0.29, 0.717) is 26.8 Å². The quantitative estimate of drug-likeness (QED) is 0.653. The first-order valence-corrected chi connectivity index (χ1v) is 9.48. The van der Waals surface area contributed by atoms with E-state index in [1.54, 1.807) is 24.1 Å². The van der Waals surface area contributed by atoms with Gasteiger partial charge in [0.25, 0.3) is 5.56 Å². The lowest BCUT2D eigenvalue weighted by Crippen LogP contribution is -2.33. The van der Waals surface area contributed by atoms with E-state index >= 15 is 0 Å². The van der Waals surface area contributed by atoms with Gasteiger partial charge in [0.2, 0.25) is 5.91 Å². The van der Waals surface area contributed by atoms with E-state index in [1.807, 2.05) is 19.9 Å². The van der Waals surface area contributed by atoms with Crippen molar-refractivity contribution in [1.82, 2.24) is 14.5 Å². The highest BCUT2D eigenvalue weighted by Gasteiger charge is 2.16. The Bertz CT molecular complexity index is 1060. The highest BCUT2D eigenvalue weighted by molar-refractivity contribution is 7.18. The van der Waals surface area contributed by atoms with Crippen LogP contribution in [0.2, 0.25) is 10.0 Å². The van der Waals surface area contributed by atoms with E-state index in [2.05, 4.69) is 4.98 Å². The molecule has 0 aliphatic carbocycles. The number of fused-ring (bicyclic) bond motifs is 1. The maximum Gasteiger partial charge on any atom is 0.262 e. The van der Waals surface area contributed by atoms with E-state index in [0.717, 1.165) is 16.0 Å². The van der Waals surface area contributed by atoms with Crippen molar-refractivity contribution in [1.29, 1.82) is 0 Å². The van der Waals surface area contributed by atoms with Crippen LogP contribution in [0.1, 0.15) is 16.0 Å². The van der Waals surface area contributed by atoms with Crippen molar-refractivity contribution < 1.29 is 4.79 Å². The standard InChI is InChI=1S/C18H17Cl2N3O2S/c1-10-11(2)26-17-16(10)18(25)23(9-21-17)8-15(24)22(3)7-12-4-5-13(19)14(20)6-12/h4-6,9H,7-8H2,1-3H3. The summed E-state index contributed by atoms with van der Waals surface area (Å²) in [5.74, 6) is -0.191. The molecule has 3 rings (SSSR count). The molecule has 0 bridgehead atoms. The van der Waals surface area contributed by atoms with Crippen LogP contribution in [-0.2, 0) is 17.9 Å². The number of benzene rings is 1. The van der Waals surface area contributed by atoms with Crippen LogP contribution in [0.3, 0.4) is 0 Å². The van der Waals surface area contributed by atoms with Gasteiger partial charge in [0.15, 0.2) is 0 Å². The number of thiophene rings is 1. The molecule has 0 saturated carbocycles. The molecule has 8 heteroatoms. The van der Waals surface area contributed by atoms with Crippen LogP contribution in [-0.4, -0.2) is 27.4 Å². The Morgan fingerprint density at radius 2 is 2.00 bits per heavy atom. The summed E-state index contributed by atoms with van der Waals surface area (Å²) in [6.07, 6.45) is 1.44. The Labute approximate surface area is 164 Å². The maximum atomic E-state index is 12.7. The SMILES string of the molecule is Cc1sc2ncn(CC(=O)N(C)Cc3ccc(Cl)c(Cl)c3)c(=O)c2c1C. The van der Waals surface area contributed by atoms with Gasteiger partial charge >= 0.3 is 0 Å². The number of likely N-dealkylation sites (N-methyl/N-ethyl adjacent to an activating group) is 1. The third kappa shape index (κ3) is 3.63. The molecule has 0 saturated heterocycles. The summed E-state index contributed by atoms with van der Waals surface area (Å²) in [5, 5.41) is 1.51. The van der Waals surface area contributed by atoms with Crippen molar-refractivity contribution in [2.24, 2.45) is 0 Å². The van der Waals surface area contributed by atoms with Crippen molar-refractivity contribution in [3.05, 3.63) is 60.9 Å². The molecule has 26 heavy (non-hydrogen) atoms. The number of aromatic nitrogens is 2. The summed E-state index contributed by atoms with van der Waals surface area (Å²) in [7, 11) is 1.68. The van der Waals surface area contributed by atoms with Crippen LogP contribution in [0, 0.1) is 13.8 Å². The topological polar surface area (TPSA) is 55.2 Å². The van der Waals surface area contributed by atoms with Gasteiger partial charge in [-0.2, -0.15) is 0 Å². The Balaban J connectivity index is 1.79. The monoisotopic (exact) mass is 409 g/mol. The van der Waals surface area contributed by atoms with Crippen LogP contribution in [0.4, 0.5) is 0 Å². The smallest absolute Gasteiger partial charge is 0.262 e. The first-order valence-electron chi connectivity index (χ1n) is 7.91. The average molecular weight is 410 g/mol.